The Morgan fingerprint density at radius 3 is 2.61 bits per heavy atom. The molecule has 23 heavy (non-hydrogen) atoms. The van der Waals surface area contributed by atoms with E-state index in [0.717, 1.165) is 17.4 Å². The molecule has 0 bridgehead atoms. The smallest absolute Gasteiger partial charge is 0.287 e. The molecule has 6 nitrogen and oxygen atoms in total. The highest BCUT2D eigenvalue weighted by Crippen LogP contribution is 2.18. The van der Waals surface area contributed by atoms with Crippen LogP contribution in [0.25, 0.3) is 11.0 Å². The standard InChI is InChI=1S/C16H20N2O4.HI/c1-18(2,3)8-4-7-17-16(21)15-10-13(20)12-6-5-11(19)9-14(12)22-15;/h5-6,9-10H,4,7-8H2,1-3H3,(H-,17,19,20,21);1H. The van der Waals surface area contributed by atoms with Crippen molar-refractivity contribution in [1.82, 2.24) is 5.32 Å². The van der Waals surface area contributed by atoms with Gasteiger partial charge < -0.3 is 43.3 Å². The summed E-state index contributed by atoms with van der Waals surface area (Å²) in [5.74, 6) is -0.492. The Morgan fingerprint density at radius 1 is 1.26 bits per heavy atom. The first kappa shape index (κ1) is 19.4. The lowest BCUT2D eigenvalue weighted by Crippen LogP contribution is -3.00. The van der Waals surface area contributed by atoms with Gasteiger partial charge in [-0.15, -0.1) is 0 Å². The summed E-state index contributed by atoms with van der Waals surface area (Å²) in [6.07, 6.45) is 0.827. The van der Waals surface area contributed by atoms with E-state index in [2.05, 4.69) is 26.5 Å². The number of phenolic OH excluding ortho intramolecular Hbond substituents is 1. The minimum atomic E-state index is -0.427. The third-order valence-corrected chi connectivity index (χ3v) is 3.23. The molecule has 0 fully saturated rings. The molecule has 2 N–H and O–H groups in total. The van der Waals surface area contributed by atoms with Gasteiger partial charge in [0, 0.05) is 25.1 Å². The molecule has 1 aromatic carbocycles. The molecule has 1 aromatic heterocycles. The number of carbonyl (C=O) groups excluding carboxylic acids is 1. The van der Waals surface area contributed by atoms with Gasteiger partial charge in [0.2, 0.25) is 0 Å². The van der Waals surface area contributed by atoms with Crippen LogP contribution in [0, 0.1) is 0 Å². The first-order valence-corrected chi connectivity index (χ1v) is 7.12. The molecule has 0 unspecified atom stereocenters. The molecule has 0 aliphatic heterocycles. The van der Waals surface area contributed by atoms with Crippen LogP contribution in [-0.4, -0.2) is 49.7 Å². The van der Waals surface area contributed by atoms with E-state index in [1.54, 1.807) is 0 Å². The third kappa shape index (κ3) is 5.51. The molecule has 126 valence electrons. The predicted octanol–water partition coefficient (Wildman–Crippen LogP) is -1.67. The molecular weight excluding hydrogens is 411 g/mol. The van der Waals surface area contributed by atoms with E-state index >= 15 is 0 Å². The maximum atomic E-state index is 12.0. The van der Waals surface area contributed by atoms with Crippen molar-refractivity contribution in [2.45, 2.75) is 6.42 Å². The molecule has 0 radical (unpaired) electrons. The summed E-state index contributed by atoms with van der Waals surface area (Å²) in [5.41, 5.74) is -0.109. The van der Waals surface area contributed by atoms with Crippen LogP contribution in [0.4, 0.5) is 0 Å². The summed E-state index contributed by atoms with van der Waals surface area (Å²) >= 11 is 0. The van der Waals surface area contributed by atoms with Gasteiger partial charge in [0.05, 0.1) is 33.1 Å². The maximum Gasteiger partial charge on any atom is 0.287 e. The van der Waals surface area contributed by atoms with E-state index in [1.165, 1.54) is 24.3 Å². The average molecular weight is 432 g/mol. The zero-order valence-corrected chi connectivity index (χ0v) is 15.6. The first-order chi connectivity index (χ1) is 10.3. The molecule has 2 rings (SSSR count). The Balaban J connectivity index is 0.00000264. The fourth-order valence-corrected chi connectivity index (χ4v) is 2.10. The van der Waals surface area contributed by atoms with Crippen molar-refractivity contribution in [3.05, 3.63) is 40.2 Å². The van der Waals surface area contributed by atoms with Crippen molar-refractivity contribution in [3.8, 4) is 5.75 Å². The number of benzene rings is 1. The van der Waals surface area contributed by atoms with Crippen molar-refractivity contribution in [2.75, 3.05) is 34.2 Å². The van der Waals surface area contributed by atoms with Crippen LogP contribution in [-0.2, 0) is 0 Å². The van der Waals surface area contributed by atoms with Gasteiger partial charge in [0.1, 0.15) is 11.3 Å². The molecule has 0 saturated heterocycles. The highest BCUT2D eigenvalue weighted by atomic mass is 127. The number of fused-ring (bicyclic) bond motifs is 1. The number of halogens is 1. The number of rotatable bonds is 5. The van der Waals surface area contributed by atoms with E-state index in [1.807, 2.05) is 0 Å². The molecule has 1 amide bonds. The number of nitrogens with one attached hydrogen (secondary N) is 1. The van der Waals surface area contributed by atoms with E-state index in [0.29, 0.717) is 11.9 Å². The van der Waals surface area contributed by atoms with Crippen LogP contribution in [0.5, 0.6) is 5.75 Å². The number of aromatic hydroxyl groups is 1. The second-order valence-corrected chi connectivity index (χ2v) is 6.28. The Labute approximate surface area is 151 Å². The van der Waals surface area contributed by atoms with Crippen molar-refractivity contribution in [1.29, 1.82) is 0 Å². The second-order valence-electron chi connectivity index (χ2n) is 6.28. The first-order valence-electron chi connectivity index (χ1n) is 7.12. The number of hydrogen-bond donors (Lipinski definition) is 2. The maximum absolute atomic E-state index is 12.0. The summed E-state index contributed by atoms with van der Waals surface area (Å²) in [6.45, 7) is 1.44. The minimum Gasteiger partial charge on any atom is -1.00 e. The fraction of sp³-hybridized carbons (Fsp3) is 0.375. The molecule has 0 spiro atoms. The molecule has 7 heteroatoms. The van der Waals surface area contributed by atoms with Crippen LogP contribution >= 0.6 is 0 Å². The molecule has 0 saturated carbocycles. The molecule has 2 aromatic rings. The zero-order chi connectivity index (χ0) is 16.3. The summed E-state index contributed by atoms with van der Waals surface area (Å²) in [7, 11) is 6.24. The van der Waals surface area contributed by atoms with Gasteiger partial charge >= 0.3 is 0 Å². The summed E-state index contributed by atoms with van der Waals surface area (Å²) in [5, 5.41) is 12.5. The predicted molar refractivity (Wildman–Crippen MR) is 84.0 cm³/mol. The largest absolute Gasteiger partial charge is 1.00 e. The van der Waals surface area contributed by atoms with Crippen LogP contribution in [0.3, 0.4) is 0 Å². The van der Waals surface area contributed by atoms with E-state index in [9.17, 15) is 14.7 Å². The Morgan fingerprint density at radius 2 is 1.96 bits per heavy atom. The van der Waals surface area contributed by atoms with Crippen molar-refractivity contribution in [2.24, 2.45) is 0 Å². The number of hydrogen-bond acceptors (Lipinski definition) is 4. The topological polar surface area (TPSA) is 79.5 Å². The van der Waals surface area contributed by atoms with E-state index in [-0.39, 0.29) is 46.5 Å². The molecule has 0 aliphatic carbocycles. The Kier molecular flexibility index (Phi) is 6.57. The molecule has 0 aliphatic rings. The Hall–Kier alpha value is -1.61. The van der Waals surface area contributed by atoms with Gasteiger partial charge in [-0.3, -0.25) is 9.59 Å². The van der Waals surface area contributed by atoms with Crippen LogP contribution < -0.4 is 34.7 Å². The lowest BCUT2D eigenvalue weighted by Gasteiger charge is -2.23. The Bertz CT molecular complexity index is 750. The number of nitrogens with zero attached hydrogens (tertiary/aromatic N) is 1. The zero-order valence-electron chi connectivity index (χ0n) is 13.4. The van der Waals surface area contributed by atoms with Crippen LogP contribution in [0.1, 0.15) is 17.0 Å². The van der Waals surface area contributed by atoms with Crippen molar-refractivity contribution >= 4 is 16.9 Å². The van der Waals surface area contributed by atoms with Crippen molar-refractivity contribution in [3.63, 3.8) is 0 Å². The lowest BCUT2D eigenvalue weighted by molar-refractivity contribution is -0.870. The molecule has 0 atom stereocenters. The SMILES string of the molecule is C[N+](C)(C)CCCNC(=O)c1cc(=O)c2ccc(O)cc2o1.[I-]. The van der Waals surface area contributed by atoms with Gasteiger partial charge in [-0.2, -0.15) is 0 Å². The highest BCUT2D eigenvalue weighted by molar-refractivity contribution is 5.93. The quantitative estimate of drug-likeness (QED) is 0.337. The van der Waals surface area contributed by atoms with Crippen LogP contribution in [0.2, 0.25) is 0 Å². The van der Waals surface area contributed by atoms with E-state index in [4.69, 9.17) is 4.42 Å². The van der Waals surface area contributed by atoms with Crippen molar-refractivity contribution < 1.29 is 42.8 Å². The average Bonchev–Trinajstić information content (AvgIpc) is 2.41. The number of phenols is 1. The van der Waals surface area contributed by atoms with Crippen LogP contribution in [0.15, 0.2) is 33.5 Å². The van der Waals surface area contributed by atoms with Gasteiger partial charge in [0.25, 0.3) is 5.91 Å². The number of quaternary nitrogens is 1. The minimum absolute atomic E-state index is 0. The summed E-state index contributed by atoms with van der Waals surface area (Å²) in [6, 6.07) is 5.38. The highest BCUT2D eigenvalue weighted by Gasteiger charge is 2.13. The monoisotopic (exact) mass is 432 g/mol. The number of amides is 1. The summed E-state index contributed by atoms with van der Waals surface area (Å²) in [4.78, 5) is 24.0. The van der Waals surface area contributed by atoms with E-state index < -0.39 is 5.91 Å². The normalized spacial score (nSPS) is 11.1. The van der Waals surface area contributed by atoms with Gasteiger partial charge in [-0.05, 0) is 12.1 Å². The third-order valence-electron chi connectivity index (χ3n) is 3.23. The molecular formula is C16H21IN2O4. The number of carbonyl (C=O) groups is 1. The second kappa shape index (κ2) is 7.78. The molecule has 1 heterocycles. The fourth-order valence-electron chi connectivity index (χ4n) is 2.10. The van der Waals surface area contributed by atoms with Gasteiger partial charge in [-0.25, -0.2) is 0 Å². The lowest BCUT2D eigenvalue weighted by atomic mass is 10.2. The van der Waals surface area contributed by atoms with Gasteiger partial charge in [0.15, 0.2) is 11.2 Å². The van der Waals surface area contributed by atoms with Gasteiger partial charge in [-0.1, -0.05) is 0 Å². The summed E-state index contributed by atoms with van der Waals surface area (Å²) < 4.78 is 6.23.